The highest BCUT2D eigenvalue weighted by atomic mass is 32.2. The van der Waals surface area contributed by atoms with Crippen molar-refractivity contribution in [1.82, 2.24) is 4.98 Å². The van der Waals surface area contributed by atoms with E-state index in [9.17, 15) is 0 Å². The first-order valence-corrected chi connectivity index (χ1v) is 5.45. The van der Waals surface area contributed by atoms with Crippen molar-refractivity contribution in [1.29, 1.82) is 0 Å². The summed E-state index contributed by atoms with van der Waals surface area (Å²) in [5.41, 5.74) is 3.22. The first-order valence-electron chi connectivity index (χ1n) is 3.46. The molecule has 3 heteroatoms. The average molecular weight is 171 g/mol. The van der Waals surface area contributed by atoms with Crippen molar-refractivity contribution < 1.29 is 0 Å². The molecule has 1 aliphatic heterocycles. The highest BCUT2D eigenvalue weighted by Crippen LogP contribution is 2.39. The van der Waals surface area contributed by atoms with Crippen molar-refractivity contribution in [3.63, 3.8) is 0 Å². The average Bonchev–Trinajstić information content (AvgIpc) is 2.59. The molecular formula is C7H9NS2. The van der Waals surface area contributed by atoms with Crippen LogP contribution < -0.4 is 0 Å². The largest absolute Gasteiger partial charge is 0.249 e. The van der Waals surface area contributed by atoms with Crippen molar-refractivity contribution in [2.24, 2.45) is 0 Å². The van der Waals surface area contributed by atoms with E-state index in [0.717, 1.165) is 0 Å². The Labute approximate surface area is 68.9 Å². The van der Waals surface area contributed by atoms with Gasteiger partial charge in [0.05, 0.1) is 11.2 Å². The maximum atomic E-state index is 4.30. The van der Waals surface area contributed by atoms with Crippen LogP contribution in [0.2, 0.25) is 0 Å². The number of thiazole rings is 1. The summed E-state index contributed by atoms with van der Waals surface area (Å²) in [5.74, 6) is 1.32. The van der Waals surface area contributed by atoms with Crippen LogP contribution in [0, 0.1) is 0 Å². The molecule has 0 N–H and O–H groups in total. The van der Waals surface area contributed by atoms with Crippen LogP contribution in [0.4, 0.5) is 0 Å². The third-order valence-corrected chi connectivity index (χ3v) is 3.72. The molecule has 54 valence electrons. The summed E-state index contributed by atoms with van der Waals surface area (Å²) in [6.45, 7) is 0. The molecule has 1 saturated heterocycles. The van der Waals surface area contributed by atoms with Gasteiger partial charge >= 0.3 is 0 Å². The lowest BCUT2D eigenvalue weighted by atomic mass is 10.2. The lowest BCUT2D eigenvalue weighted by Crippen LogP contribution is -1.86. The molecule has 0 spiro atoms. The topological polar surface area (TPSA) is 12.9 Å². The van der Waals surface area contributed by atoms with E-state index in [1.54, 1.807) is 11.3 Å². The molecule has 1 aliphatic rings. The summed E-state index contributed by atoms with van der Waals surface area (Å²) in [7, 11) is 0. The molecular weight excluding hydrogens is 162 g/mol. The minimum Gasteiger partial charge on any atom is -0.249 e. The van der Waals surface area contributed by atoms with Gasteiger partial charge in [0.25, 0.3) is 0 Å². The van der Waals surface area contributed by atoms with Gasteiger partial charge in [0.2, 0.25) is 0 Å². The number of hydrogen-bond acceptors (Lipinski definition) is 3. The van der Waals surface area contributed by atoms with Crippen LogP contribution in [-0.4, -0.2) is 10.7 Å². The summed E-state index contributed by atoms with van der Waals surface area (Å²) in [5, 5.41) is 2.88. The van der Waals surface area contributed by atoms with Crippen molar-refractivity contribution in [2.45, 2.75) is 18.1 Å². The second-order valence-electron chi connectivity index (χ2n) is 2.41. The minimum absolute atomic E-state index is 0.714. The van der Waals surface area contributed by atoms with Crippen molar-refractivity contribution in [2.75, 3.05) is 5.75 Å². The molecule has 0 radical (unpaired) electrons. The molecule has 1 aromatic rings. The van der Waals surface area contributed by atoms with Crippen molar-refractivity contribution >= 4 is 23.1 Å². The number of thioether (sulfide) groups is 1. The van der Waals surface area contributed by atoms with Crippen LogP contribution in [0.3, 0.4) is 0 Å². The van der Waals surface area contributed by atoms with Gasteiger partial charge in [0.15, 0.2) is 0 Å². The van der Waals surface area contributed by atoms with Gasteiger partial charge in [-0.15, -0.1) is 11.3 Å². The van der Waals surface area contributed by atoms with Crippen molar-refractivity contribution in [3.8, 4) is 0 Å². The molecule has 1 nitrogen and oxygen atoms in total. The molecule has 0 bridgehead atoms. The zero-order valence-corrected chi connectivity index (χ0v) is 7.25. The van der Waals surface area contributed by atoms with E-state index in [2.05, 4.69) is 10.4 Å². The maximum Gasteiger partial charge on any atom is 0.0795 e. The first kappa shape index (κ1) is 6.68. The standard InChI is InChI=1S/C7H9NS2/c1-2-7(10-3-1)6-4-9-5-8-6/h4-5,7H,1-3H2. The Kier molecular flexibility index (Phi) is 1.95. The highest BCUT2D eigenvalue weighted by molar-refractivity contribution is 7.99. The van der Waals surface area contributed by atoms with Gasteiger partial charge in [0.1, 0.15) is 0 Å². The predicted molar refractivity (Wildman–Crippen MR) is 46.5 cm³/mol. The summed E-state index contributed by atoms with van der Waals surface area (Å²) in [4.78, 5) is 4.30. The summed E-state index contributed by atoms with van der Waals surface area (Å²) >= 11 is 3.75. The Morgan fingerprint density at radius 2 is 2.60 bits per heavy atom. The van der Waals surface area contributed by atoms with Crippen LogP contribution in [0.5, 0.6) is 0 Å². The molecule has 1 fully saturated rings. The van der Waals surface area contributed by atoms with Crippen molar-refractivity contribution in [3.05, 3.63) is 16.6 Å². The number of hydrogen-bond donors (Lipinski definition) is 0. The summed E-state index contributed by atoms with van der Waals surface area (Å²) < 4.78 is 0. The number of nitrogens with zero attached hydrogens (tertiary/aromatic N) is 1. The highest BCUT2D eigenvalue weighted by Gasteiger charge is 2.18. The van der Waals surface area contributed by atoms with Gasteiger partial charge < -0.3 is 0 Å². The Hall–Kier alpha value is -0.0200. The second-order valence-corrected chi connectivity index (χ2v) is 4.44. The minimum atomic E-state index is 0.714. The fourth-order valence-electron chi connectivity index (χ4n) is 1.19. The quantitative estimate of drug-likeness (QED) is 0.644. The normalized spacial score (nSPS) is 25.4. The Bertz CT molecular complexity index is 189. The summed E-state index contributed by atoms with van der Waals surface area (Å²) in [6, 6.07) is 0. The smallest absolute Gasteiger partial charge is 0.0795 e. The molecule has 0 saturated carbocycles. The van der Waals surface area contributed by atoms with E-state index in [1.165, 1.54) is 24.3 Å². The van der Waals surface area contributed by atoms with Crippen LogP contribution in [0.1, 0.15) is 23.8 Å². The SMILES string of the molecule is c1nc(C2CCCS2)cs1. The third-order valence-electron chi connectivity index (χ3n) is 1.71. The molecule has 10 heavy (non-hydrogen) atoms. The maximum absolute atomic E-state index is 4.30. The molecule has 0 aromatic carbocycles. The molecule has 2 rings (SSSR count). The molecule has 1 aromatic heterocycles. The van der Waals surface area contributed by atoms with E-state index in [4.69, 9.17) is 0 Å². The van der Waals surface area contributed by atoms with Crippen LogP contribution >= 0.6 is 23.1 Å². The fraction of sp³-hybridized carbons (Fsp3) is 0.571. The number of rotatable bonds is 1. The predicted octanol–water partition coefficient (Wildman–Crippen LogP) is 2.71. The Balaban J connectivity index is 2.12. The molecule has 0 aliphatic carbocycles. The zero-order chi connectivity index (χ0) is 6.81. The van der Waals surface area contributed by atoms with E-state index in [0.29, 0.717) is 5.25 Å². The first-order chi connectivity index (χ1) is 4.97. The van der Waals surface area contributed by atoms with Gasteiger partial charge in [0, 0.05) is 10.6 Å². The van der Waals surface area contributed by atoms with Gasteiger partial charge in [-0.3, -0.25) is 0 Å². The van der Waals surface area contributed by atoms with E-state index < -0.39 is 0 Å². The molecule has 1 unspecified atom stereocenters. The number of aromatic nitrogens is 1. The van der Waals surface area contributed by atoms with Crippen LogP contribution in [0.25, 0.3) is 0 Å². The molecule has 1 atom stereocenters. The Morgan fingerprint density at radius 3 is 3.20 bits per heavy atom. The lowest BCUT2D eigenvalue weighted by Gasteiger charge is -2.01. The van der Waals surface area contributed by atoms with E-state index in [-0.39, 0.29) is 0 Å². The van der Waals surface area contributed by atoms with E-state index >= 15 is 0 Å². The Morgan fingerprint density at radius 1 is 1.60 bits per heavy atom. The monoisotopic (exact) mass is 171 g/mol. The second kappa shape index (κ2) is 2.93. The molecule has 2 heterocycles. The lowest BCUT2D eigenvalue weighted by molar-refractivity contribution is 0.812. The van der Waals surface area contributed by atoms with Gasteiger partial charge in [-0.05, 0) is 18.6 Å². The summed E-state index contributed by atoms with van der Waals surface area (Å²) in [6.07, 6.45) is 2.70. The fourth-order valence-corrected chi connectivity index (χ4v) is 3.14. The van der Waals surface area contributed by atoms with Crippen LogP contribution in [-0.2, 0) is 0 Å². The molecule has 0 amide bonds. The van der Waals surface area contributed by atoms with Gasteiger partial charge in [-0.1, -0.05) is 0 Å². The van der Waals surface area contributed by atoms with Crippen LogP contribution in [0.15, 0.2) is 10.9 Å². The van der Waals surface area contributed by atoms with Gasteiger partial charge in [-0.2, -0.15) is 11.8 Å². The van der Waals surface area contributed by atoms with E-state index in [1.807, 2.05) is 17.3 Å². The third kappa shape index (κ3) is 1.20. The van der Waals surface area contributed by atoms with Gasteiger partial charge in [-0.25, -0.2) is 4.98 Å². The zero-order valence-electron chi connectivity index (χ0n) is 5.62.